The van der Waals surface area contributed by atoms with Gasteiger partial charge < -0.3 is 19.9 Å². The van der Waals surface area contributed by atoms with E-state index in [0.29, 0.717) is 18.0 Å². The summed E-state index contributed by atoms with van der Waals surface area (Å²) in [4.78, 5) is 13.6. The molecule has 200 valence electrons. The minimum absolute atomic E-state index is 0.0514. The average molecular weight is 534 g/mol. The van der Waals surface area contributed by atoms with Crippen LogP contribution in [0, 0.1) is 0 Å². The fourth-order valence-electron chi connectivity index (χ4n) is 5.44. The molecule has 7 nitrogen and oxygen atoms in total. The molecule has 0 radical (unpaired) electrons. The molecule has 3 aromatic rings. The molecule has 3 aliphatic rings. The summed E-state index contributed by atoms with van der Waals surface area (Å²) in [6.45, 7) is 4.24. The Bertz CT molecular complexity index is 1350. The van der Waals surface area contributed by atoms with E-state index in [1.807, 2.05) is 61.3 Å². The summed E-state index contributed by atoms with van der Waals surface area (Å²) >= 11 is 4.29. The number of amides is 1. The van der Waals surface area contributed by atoms with Crippen LogP contribution in [-0.2, 0) is 11.3 Å². The highest BCUT2D eigenvalue weighted by molar-refractivity contribution is 7.80. The maximum absolute atomic E-state index is 13.6. The van der Waals surface area contributed by atoms with Crippen molar-refractivity contribution in [2.24, 2.45) is 0 Å². The second-order valence-electron chi connectivity index (χ2n) is 10.4. The van der Waals surface area contributed by atoms with Crippen LogP contribution in [0.25, 0.3) is 11.1 Å². The van der Waals surface area contributed by atoms with Crippen LogP contribution in [-0.4, -0.2) is 36.0 Å². The normalized spacial score (nSPS) is 17.4. The van der Waals surface area contributed by atoms with Crippen molar-refractivity contribution in [2.75, 3.05) is 29.6 Å². The van der Waals surface area contributed by atoms with Gasteiger partial charge in [-0.2, -0.15) is 12.6 Å². The van der Waals surface area contributed by atoms with Gasteiger partial charge in [0.05, 0.1) is 32.1 Å². The quantitative estimate of drug-likeness (QED) is 0.337. The maximum Gasteiger partial charge on any atom is 0.270 e. The van der Waals surface area contributed by atoms with Crippen molar-refractivity contribution in [3.05, 3.63) is 60.2 Å². The molecule has 2 heterocycles. The van der Waals surface area contributed by atoms with Crippen molar-refractivity contribution in [2.45, 2.75) is 56.9 Å². The molecular weight excluding hydrogens is 498 g/mol. The Morgan fingerprint density at radius 1 is 0.974 bits per heavy atom. The predicted octanol–water partition coefficient (Wildman–Crippen LogP) is 6.41. The fraction of sp³-hybridized carbons (Fsp3) is 0.367. The number of hydrogen-bond donors (Lipinski definition) is 3. The van der Waals surface area contributed by atoms with Gasteiger partial charge in [0, 0.05) is 22.4 Å². The highest BCUT2D eigenvalue weighted by Gasteiger charge is 2.47. The minimum Gasteiger partial charge on any atom is -0.508 e. The molecule has 0 atom stereocenters. The first kappa shape index (κ1) is 26.1. The van der Waals surface area contributed by atoms with E-state index in [-0.39, 0.29) is 11.7 Å². The van der Waals surface area contributed by atoms with E-state index in [1.54, 1.807) is 31.4 Å². The van der Waals surface area contributed by atoms with Crippen LogP contribution < -0.4 is 24.8 Å². The monoisotopic (exact) mass is 533 g/mol. The van der Waals surface area contributed by atoms with Gasteiger partial charge in [-0.25, -0.2) is 5.01 Å². The van der Waals surface area contributed by atoms with Crippen molar-refractivity contribution in [3.63, 3.8) is 0 Å². The number of nitrogens with one attached hydrogen (secondary N) is 1. The zero-order valence-corrected chi connectivity index (χ0v) is 23.2. The number of anilines is 3. The molecule has 6 rings (SSSR count). The topological polar surface area (TPSA) is 74.3 Å². The van der Waals surface area contributed by atoms with Crippen LogP contribution in [0.2, 0.25) is 0 Å². The standard InChI is InChI=1S/C25H25N3O4.C5H10S/c1-25(2)24(30)28-23-18(14-27(28)20-7-5-6-8-21(20)31-3)16(11-12-19(23)26-25)17-10-9-15(29)13-22(17)32-4;6-5-3-1-2-4-5/h5-13,26,29H,14H2,1-4H3;5-6H,1-4H2. The summed E-state index contributed by atoms with van der Waals surface area (Å²) in [5, 5.41) is 17.8. The number of methoxy groups -OCH3 is 2. The molecule has 2 N–H and O–H groups in total. The minimum atomic E-state index is -0.771. The number of rotatable bonds is 4. The zero-order chi connectivity index (χ0) is 27.0. The summed E-state index contributed by atoms with van der Waals surface area (Å²) in [5.41, 5.74) is 4.54. The van der Waals surface area contributed by atoms with Gasteiger partial charge in [-0.1, -0.05) is 31.0 Å². The third-order valence-corrected chi connectivity index (χ3v) is 7.90. The highest BCUT2D eigenvalue weighted by Crippen LogP contribution is 2.51. The predicted molar refractivity (Wildman–Crippen MR) is 156 cm³/mol. The van der Waals surface area contributed by atoms with E-state index >= 15 is 0 Å². The number of thiol groups is 1. The number of carbonyl (C=O) groups excluding carboxylic acids is 1. The van der Waals surface area contributed by atoms with Crippen LogP contribution in [0.1, 0.15) is 45.1 Å². The molecule has 2 aliphatic heterocycles. The highest BCUT2D eigenvalue weighted by atomic mass is 32.1. The van der Waals surface area contributed by atoms with Gasteiger partial charge in [0.2, 0.25) is 0 Å². The SMILES string of the molecule is COc1cc(O)ccc1-c1ccc2c3c1CN(c1ccccc1OC)N3C(=O)C(C)(C)N2.SC1CCCC1. The lowest BCUT2D eigenvalue weighted by molar-refractivity contribution is -0.122. The Hall–Kier alpha value is -3.52. The Labute approximate surface area is 229 Å². The van der Waals surface area contributed by atoms with Crippen LogP contribution >= 0.6 is 12.6 Å². The molecule has 3 aromatic carbocycles. The third-order valence-electron chi connectivity index (χ3n) is 7.38. The molecule has 1 amide bonds. The Morgan fingerprint density at radius 2 is 1.66 bits per heavy atom. The molecular formula is C30H35N3O4S. The lowest BCUT2D eigenvalue weighted by Crippen LogP contribution is -2.57. The van der Waals surface area contributed by atoms with Gasteiger partial charge in [0.15, 0.2) is 0 Å². The van der Waals surface area contributed by atoms with Gasteiger partial charge in [-0.3, -0.25) is 9.80 Å². The van der Waals surface area contributed by atoms with Gasteiger partial charge >= 0.3 is 0 Å². The smallest absolute Gasteiger partial charge is 0.270 e. The number of phenolic OH excluding ortho intramolecular Hbond substituents is 1. The molecule has 1 fully saturated rings. The van der Waals surface area contributed by atoms with E-state index in [0.717, 1.165) is 39.0 Å². The van der Waals surface area contributed by atoms with Gasteiger partial charge in [0.1, 0.15) is 28.5 Å². The van der Waals surface area contributed by atoms with E-state index in [1.165, 1.54) is 25.7 Å². The lowest BCUT2D eigenvalue weighted by Gasteiger charge is -2.41. The van der Waals surface area contributed by atoms with Gasteiger partial charge in [-0.05, 0) is 62.6 Å². The van der Waals surface area contributed by atoms with Crippen molar-refractivity contribution < 1.29 is 19.4 Å². The summed E-state index contributed by atoms with van der Waals surface area (Å²) in [5.74, 6) is 1.34. The average Bonchev–Trinajstić information content (AvgIpc) is 3.55. The Kier molecular flexibility index (Phi) is 7.09. The first-order valence-electron chi connectivity index (χ1n) is 13.0. The number of hydrazine groups is 1. The summed E-state index contributed by atoms with van der Waals surface area (Å²) in [7, 11) is 3.21. The molecule has 0 spiro atoms. The molecule has 1 saturated carbocycles. The van der Waals surface area contributed by atoms with E-state index in [9.17, 15) is 9.90 Å². The van der Waals surface area contributed by atoms with Crippen molar-refractivity contribution in [3.8, 4) is 28.4 Å². The molecule has 0 unspecified atom stereocenters. The molecule has 0 aromatic heterocycles. The first-order valence-corrected chi connectivity index (χ1v) is 13.5. The molecule has 0 saturated heterocycles. The molecule has 1 aliphatic carbocycles. The van der Waals surface area contributed by atoms with Gasteiger partial charge in [-0.15, -0.1) is 0 Å². The summed E-state index contributed by atoms with van der Waals surface area (Å²) in [6, 6.07) is 16.8. The summed E-state index contributed by atoms with van der Waals surface area (Å²) in [6.07, 6.45) is 5.52. The molecule has 38 heavy (non-hydrogen) atoms. The zero-order valence-electron chi connectivity index (χ0n) is 22.3. The van der Waals surface area contributed by atoms with Crippen molar-refractivity contribution in [1.82, 2.24) is 0 Å². The molecule has 0 bridgehead atoms. The van der Waals surface area contributed by atoms with Crippen molar-refractivity contribution >= 4 is 35.6 Å². The van der Waals surface area contributed by atoms with Gasteiger partial charge in [0.25, 0.3) is 5.91 Å². The van der Waals surface area contributed by atoms with Crippen LogP contribution in [0.15, 0.2) is 54.6 Å². The first-order chi connectivity index (χ1) is 18.2. The second-order valence-corrected chi connectivity index (χ2v) is 11.1. The third kappa shape index (κ3) is 4.62. The summed E-state index contributed by atoms with van der Waals surface area (Å²) < 4.78 is 11.2. The van der Waals surface area contributed by atoms with E-state index in [2.05, 4.69) is 17.9 Å². The number of hydrogen-bond acceptors (Lipinski definition) is 7. The number of nitrogens with zero attached hydrogens (tertiary/aromatic N) is 2. The second kappa shape index (κ2) is 10.3. The number of aromatic hydroxyl groups is 1. The maximum atomic E-state index is 13.6. The van der Waals surface area contributed by atoms with E-state index < -0.39 is 5.54 Å². The lowest BCUT2D eigenvalue weighted by atomic mass is 9.93. The largest absolute Gasteiger partial charge is 0.508 e. The van der Waals surface area contributed by atoms with Crippen LogP contribution in [0.5, 0.6) is 17.2 Å². The van der Waals surface area contributed by atoms with Crippen LogP contribution in [0.3, 0.4) is 0 Å². The number of benzene rings is 3. The number of para-hydroxylation sites is 2. The number of ether oxygens (including phenoxy) is 2. The van der Waals surface area contributed by atoms with Crippen molar-refractivity contribution in [1.29, 1.82) is 0 Å². The number of carbonyl (C=O) groups is 1. The Balaban J connectivity index is 0.000000433. The Morgan fingerprint density at radius 3 is 2.32 bits per heavy atom. The molecule has 8 heteroatoms. The fourth-order valence-corrected chi connectivity index (χ4v) is 5.81. The number of phenols is 1. The van der Waals surface area contributed by atoms with Crippen LogP contribution in [0.4, 0.5) is 17.1 Å². The van der Waals surface area contributed by atoms with E-state index in [4.69, 9.17) is 9.47 Å².